The highest BCUT2D eigenvalue weighted by molar-refractivity contribution is 5.88. The van der Waals surface area contributed by atoms with Crippen LogP contribution in [-0.4, -0.2) is 88.8 Å². The Hall–Kier alpha value is -12.1. The van der Waals surface area contributed by atoms with E-state index in [1.54, 1.807) is 0 Å². The number of pyridine rings is 6. The van der Waals surface area contributed by atoms with Crippen molar-refractivity contribution in [1.29, 1.82) is 0 Å². The molecule has 0 fully saturated rings. The second-order valence-electron chi connectivity index (χ2n) is 39.1. The van der Waals surface area contributed by atoms with E-state index < -0.39 is 12.1 Å². The van der Waals surface area contributed by atoms with Crippen LogP contribution in [0.1, 0.15) is 284 Å². The van der Waals surface area contributed by atoms with Gasteiger partial charge in [-0.15, -0.1) is 0 Å². The van der Waals surface area contributed by atoms with Gasteiger partial charge in [0.25, 0.3) is 0 Å². The maximum absolute atomic E-state index is 12.5. The number of carbonyl (C=O) groups is 6. The zero-order valence-electron chi connectivity index (χ0n) is 82.0. The lowest BCUT2D eigenvalue weighted by atomic mass is 9.87. The van der Waals surface area contributed by atoms with Crippen LogP contribution in [0.2, 0.25) is 0 Å². The SMILES string of the molecule is CC(C)(C)c1cncc(CCC(=O)[C@@H](N)Cc2ccccc2)c1.CC(C)(C)c1cncc(CCC(=O)[C@H](N)Cc2ccccc2)c1.CC(C)c1cncc(CCC(=O)C2CCc3ccccc3N2)c1.CC(C)c1cncc(CCC(=O)C2Cc3ccccc3CN2)c1.CC(C)c1cncc(CCC(=O)CCc2ccccc2)c1.CC(C)c1cncc(CCC(=O)CCc2ccccc2)c1. The Morgan fingerprint density at radius 1 is 0.321 bits per heavy atom. The predicted molar refractivity (Wildman–Crippen MR) is 548 cm³/mol. The van der Waals surface area contributed by atoms with Crippen LogP contribution in [0.5, 0.6) is 0 Å². The molecule has 14 rings (SSSR count). The molecule has 16 heteroatoms. The topological polar surface area (TPSA) is 256 Å². The first-order valence-electron chi connectivity index (χ1n) is 48.4. The van der Waals surface area contributed by atoms with Crippen molar-refractivity contribution < 1.29 is 28.8 Å². The Labute approximate surface area is 799 Å². The molecular formula is C118H146N10O6. The number of hydrogen-bond donors (Lipinski definition) is 4. The second kappa shape index (κ2) is 54.9. The molecule has 12 aromatic rings. The molecule has 4 atom stereocenters. The van der Waals surface area contributed by atoms with Crippen LogP contribution in [0.3, 0.4) is 0 Å². The predicted octanol–water partition coefficient (Wildman–Crippen LogP) is 23.1. The molecule has 0 aliphatic carbocycles. The number of hydrogen-bond acceptors (Lipinski definition) is 16. The lowest BCUT2D eigenvalue weighted by molar-refractivity contribution is -0.121. The Morgan fingerprint density at radius 2 is 0.612 bits per heavy atom. The number of nitrogens with two attached hydrogens (primary N) is 2. The summed E-state index contributed by atoms with van der Waals surface area (Å²) in [7, 11) is 0. The first-order chi connectivity index (χ1) is 64.3. The fourth-order valence-electron chi connectivity index (χ4n) is 15.7. The smallest absolute Gasteiger partial charge is 0.155 e. The number of nitrogens with one attached hydrogen (secondary N) is 2. The minimum atomic E-state index is -0.434. The van der Waals surface area contributed by atoms with E-state index in [1.807, 2.05) is 177 Å². The zero-order valence-corrected chi connectivity index (χ0v) is 82.0. The summed E-state index contributed by atoms with van der Waals surface area (Å²) in [5.74, 6) is 3.36. The number of carbonyl (C=O) groups excluding carboxylic acids is 6. The molecule has 6 N–H and O–H groups in total. The summed E-state index contributed by atoms with van der Waals surface area (Å²) in [6.45, 7) is 31.0. The molecule has 0 spiro atoms. The minimum absolute atomic E-state index is 0.0499. The van der Waals surface area contributed by atoms with Crippen LogP contribution >= 0.6 is 0 Å². The molecule has 8 heterocycles. The Balaban J connectivity index is 0.000000181. The van der Waals surface area contributed by atoms with Crippen molar-refractivity contribution in [1.82, 2.24) is 35.2 Å². The normalized spacial score (nSPS) is 13.6. The van der Waals surface area contributed by atoms with Gasteiger partial charge in [-0.1, -0.05) is 297 Å². The third-order valence-electron chi connectivity index (χ3n) is 24.7. The Morgan fingerprint density at radius 3 is 0.970 bits per heavy atom. The van der Waals surface area contributed by atoms with Gasteiger partial charge in [0, 0.05) is 138 Å². The second-order valence-corrected chi connectivity index (χ2v) is 39.1. The molecule has 0 radical (unpaired) electrons. The van der Waals surface area contributed by atoms with Gasteiger partial charge in [-0.2, -0.15) is 0 Å². The average Bonchev–Trinajstić information content (AvgIpc) is 0.805. The average molecular weight is 1800 g/mol. The molecule has 704 valence electrons. The van der Waals surface area contributed by atoms with Crippen molar-refractivity contribution in [3.05, 3.63) is 386 Å². The van der Waals surface area contributed by atoms with E-state index in [2.05, 4.69) is 241 Å². The molecule has 6 aromatic heterocycles. The highest BCUT2D eigenvalue weighted by atomic mass is 16.1. The van der Waals surface area contributed by atoms with Gasteiger partial charge in [0.2, 0.25) is 0 Å². The number of anilines is 1. The van der Waals surface area contributed by atoms with Crippen molar-refractivity contribution in [2.24, 2.45) is 11.5 Å². The standard InChI is InChI=1S/2C20H24N2O.2C20H26N2O.2C19H23NO/c1-14(2)17-11-15(12-21-13-17)7-10-20(23)19-9-8-16-5-3-4-6-18(16)22-19;1-14(2)18-9-15(11-21-12-18)7-8-20(23)19-10-16-5-3-4-6-17(16)13-22-19;2*1-20(2,3)17-11-16(13-22-14-17)9-10-19(23)18(21)12-15-7-5-4-6-8-15;2*1-15(2)18-12-17(13-20-14-18)9-11-19(21)10-8-16-6-4-3-5-7-16/h3-6,11-14,19,22H,7-10H2,1-2H3;3-6,9,11-12,14,19,22H,7-8,10,13H2,1-2H3;2*4-8,11,13-14,18H,9-10,12,21H2,1-3H3;2*3-7,12-15H,8-11H2,1-2H3/t;;2*18-;;/m..10../s1. The Kier molecular flexibility index (Phi) is 43.3. The van der Waals surface area contributed by atoms with Gasteiger partial charge in [-0.05, 0) is 230 Å². The molecule has 2 aliphatic rings. The van der Waals surface area contributed by atoms with Crippen LogP contribution in [0, 0.1) is 0 Å². The van der Waals surface area contributed by atoms with Crippen molar-refractivity contribution in [3.8, 4) is 0 Å². The summed E-state index contributed by atoms with van der Waals surface area (Å²) < 4.78 is 0. The molecular weight excluding hydrogens is 1650 g/mol. The summed E-state index contributed by atoms with van der Waals surface area (Å²) in [5, 5.41) is 6.77. The third-order valence-corrected chi connectivity index (χ3v) is 24.7. The molecule has 2 aliphatic heterocycles. The van der Waals surface area contributed by atoms with E-state index in [0.717, 1.165) is 115 Å². The number of nitrogens with zero attached hydrogens (tertiary/aromatic N) is 6. The number of fused-ring (bicyclic) bond motifs is 2. The van der Waals surface area contributed by atoms with Gasteiger partial charge in [0.15, 0.2) is 5.78 Å². The summed E-state index contributed by atoms with van der Waals surface area (Å²) in [4.78, 5) is 99.3. The molecule has 0 saturated carbocycles. The van der Waals surface area contributed by atoms with Crippen LogP contribution in [0.15, 0.2) is 281 Å². The molecule has 0 saturated heterocycles. The summed E-state index contributed by atoms with van der Waals surface area (Å²) in [5.41, 5.74) is 36.1. The fraction of sp³-hybridized carbons (Fsp3) is 0.390. The van der Waals surface area contributed by atoms with E-state index in [0.29, 0.717) is 124 Å². The minimum Gasteiger partial charge on any atom is -0.375 e. The number of rotatable bonds is 36. The van der Waals surface area contributed by atoms with E-state index in [-0.39, 0.29) is 34.5 Å². The van der Waals surface area contributed by atoms with Crippen LogP contribution in [0.25, 0.3) is 0 Å². The van der Waals surface area contributed by atoms with Crippen molar-refractivity contribution >= 4 is 40.4 Å². The quantitative estimate of drug-likeness (QED) is 0.0285. The number of aryl methyl sites for hydroxylation is 9. The molecule has 2 unspecified atom stereocenters. The number of aromatic nitrogens is 6. The van der Waals surface area contributed by atoms with E-state index >= 15 is 0 Å². The largest absolute Gasteiger partial charge is 0.375 e. The number of benzene rings is 6. The first-order valence-corrected chi connectivity index (χ1v) is 48.4. The monoisotopic (exact) mass is 1800 g/mol. The lowest BCUT2D eigenvalue weighted by Crippen LogP contribution is -2.41. The van der Waals surface area contributed by atoms with Crippen molar-refractivity contribution in [2.75, 3.05) is 5.32 Å². The molecule has 6 aromatic carbocycles. The zero-order chi connectivity index (χ0) is 96.4. The van der Waals surface area contributed by atoms with Gasteiger partial charge >= 0.3 is 0 Å². The van der Waals surface area contributed by atoms with Gasteiger partial charge < -0.3 is 22.1 Å². The Bertz CT molecular complexity index is 5260. The molecule has 134 heavy (non-hydrogen) atoms. The molecule has 16 nitrogen and oxygen atoms in total. The summed E-state index contributed by atoms with van der Waals surface area (Å²) >= 11 is 0. The maximum atomic E-state index is 12.5. The van der Waals surface area contributed by atoms with Gasteiger partial charge in [0.1, 0.15) is 28.9 Å². The molecule has 0 amide bonds. The summed E-state index contributed by atoms with van der Waals surface area (Å²) in [6.07, 6.45) is 37.2. The lowest BCUT2D eigenvalue weighted by Gasteiger charge is -2.26. The number of ketones is 6. The van der Waals surface area contributed by atoms with Crippen LogP contribution in [-0.2, 0) is 123 Å². The highest BCUT2D eigenvalue weighted by Crippen LogP contribution is 2.29. The van der Waals surface area contributed by atoms with E-state index in [1.165, 1.54) is 61.2 Å². The third kappa shape index (κ3) is 37.8. The molecule has 0 bridgehead atoms. The van der Waals surface area contributed by atoms with Crippen molar-refractivity contribution in [3.63, 3.8) is 0 Å². The van der Waals surface area contributed by atoms with E-state index in [9.17, 15) is 28.8 Å². The highest BCUT2D eigenvalue weighted by Gasteiger charge is 2.27. The van der Waals surface area contributed by atoms with Crippen molar-refractivity contribution in [2.45, 2.75) is 297 Å². The van der Waals surface area contributed by atoms with Crippen LogP contribution < -0.4 is 22.1 Å². The van der Waals surface area contributed by atoms with Gasteiger partial charge in [-0.3, -0.25) is 58.7 Å². The number of Topliss-reactive ketones (excluding diaryl/α,β-unsaturated/α-hetero) is 6. The maximum Gasteiger partial charge on any atom is 0.155 e. The first kappa shape index (κ1) is 106. The van der Waals surface area contributed by atoms with Gasteiger partial charge in [-0.25, -0.2) is 0 Å². The van der Waals surface area contributed by atoms with E-state index in [4.69, 9.17) is 11.5 Å². The van der Waals surface area contributed by atoms with Gasteiger partial charge in [0.05, 0.1) is 24.2 Å². The summed E-state index contributed by atoms with van der Waals surface area (Å²) in [6, 6.07) is 68.8. The number of para-hydroxylation sites is 1. The van der Waals surface area contributed by atoms with Crippen LogP contribution in [0.4, 0.5) is 5.69 Å². The fourth-order valence-corrected chi connectivity index (χ4v) is 15.7.